The van der Waals surface area contributed by atoms with Crippen LogP contribution in [-0.2, 0) is 7.05 Å². The molecule has 4 rings (SSSR count). The van der Waals surface area contributed by atoms with Crippen molar-refractivity contribution in [2.24, 2.45) is 12.0 Å². The van der Waals surface area contributed by atoms with E-state index in [1.807, 2.05) is 54.9 Å². The van der Waals surface area contributed by atoms with Gasteiger partial charge in [-0.2, -0.15) is 4.98 Å². The molecule has 0 spiro atoms. The van der Waals surface area contributed by atoms with Crippen LogP contribution in [0.15, 0.2) is 46.1 Å². The van der Waals surface area contributed by atoms with E-state index in [1.165, 1.54) is 0 Å². The van der Waals surface area contributed by atoms with Gasteiger partial charge in [0.2, 0.25) is 5.95 Å². The number of hydrogen-bond donors (Lipinski definition) is 0. The van der Waals surface area contributed by atoms with Crippen molar-refractivity contribution in [2.45, 2.75) is 25.3 Å². The average Bonchev–Trinajstić information content (AvgIpc) is 3.35. The summed E-state index contributed by atoms with van der Waals surface area (Å²) in [7, 11) is 3.90. The van der Waals surface area contributed by atoms with Gasteiger partial charge in [0.15, 0.2) is 5.82 Å². The molecule has 144 valence electrons. The highest BCUT2D eigenvalue weighted by molar-refractivity contribution is 6.30. The van der Waals surface area contributed by atoms with Gasteiger partial charge in [-0.25, -0.2) is 0 Å². The number of halogens is 1. The lowest BCUT2D eigenvalue weighted by atomic mass is 10.0. The highest BCUT2D eigenvalue weighted by Crippen LogP contribution is 2.28. The number of allylic oxidation sites excluding steroid dienone is 1. The lowest BCUT2D eigenvalue weighted by molar-refractivity contribution is 0.416. The molecule has 2 aromatic heterocycles. The Morgan fingerprint density at radius 3 is 2.93 bits per heavy atom. The van der Waals surface area contributed by atoms with Gasteiger partial charge in [-0.3, -0.25) is 9.56 Å². The molecular weight excluding hydrogens is 378 g/mol. The number of nitrogens with zero attached hydrogens (tertiary/aromatic N) is 7. The Morgan fingerprint density at radius 1 is 1.32 bits per heavy atom. The zero-order valence-corrected chi connectivity index (χ0v) is 16.6. The SMILES string of the molecule is CC(c1noc(-c2cccc(Cl)c2)n1)N(C)c1nnc(C2C=CN=CC2)n1C. The van der Waals surface area contributed by atoms with Gasteiger partial charge in [0.25, 0.3) is 5.89 Å². The van der Waals surface area contributed by atoms with Gasteiger partial charge in [-0.15, -0.1) is 10.2 Å². The second-order valence-corrected chi connectivity index (χ2v) is 7.12. The van der Waals surface area contributed by atoms with E-state index >= 15 is 0 Å². The minimum atomic E-state index is -0.157. The molecule has 0 bridgehead atoms. The van der Waals surface area contributed by atoms with E-state index in [0.29, 0.717) is 16.7 Å². The van der Waals surface area contributed by atoms with E-state index in [1.54, 1.807) is 18.3 Å². The topological polar surface area (TPSA) is 85.2 Å². The lowest BCUT2D eigenvalue weighted by Crippen LogP contribution is -2.25. The Labute approximate surface area is 167 Å². The first kappa shape index (κ1) is 18.4. The molecule has 0 amide bonds. The van der Waals surface area contributed by atoms with Crippen molar-refractivity contribution < 1.29 is 4.52 Å². The number of aliphatic imine (C=N–C) groups is 1. The predicted octanol–water partition coefficient (Wildman–Crippen LogP) is 3.79. The summed E-state index contributed by atoms with van der Waals surface area (Å²) in [5.74, 6) is 2.79. The van der Waals surface area contributed by atoms with E-state index in [4.69, 9.17) is 16.1 Å². The number of anilines is 1. The normalized spacial score (nSPS) is 17.1. The summed E-state index contributed by atoms with van der Waals surface area (Å²) < 4.78 is 7.42. The predicted molar refractivity (Wildman–Crippen MR) is 108 cm³/mol. The molecule has 8 nitrogen and oxygen atoms in total. The van der Waals surface area contributed by atoms with Gasteiger partial charge in [-0.1, -0.05) is 28.9 Å². The first-order valence-electron chi connectivity index (χ1n) is 8.94. The van der Waals surface area contributed by atoms with Crippen LogP contribution in [0.25, 0.3) is 11.5 Å². The van der Waals surface area contributed by atoms with Crippen molar-refractivity contribution in [3.63, 3.8) is 0 Å². The van der Waals surface area contributed by atoms with Gasteiger partial charge < -0.3 is 9.42 Å². The summed E-state index contributed by atoms with van der Waals surface area (Å²) in [6, 6.07) is 7.17. The van der Waals surface area contributed by atoms with Crippen molar-refractivity contribution in [1.82, 2.24) is 24.9 Å². The fourth-order valence-corrected chi connectivity index (χ4v) is 3.30. The number of aromatic nitrogens is 5. The smallest absolute Gasteiger partial charge is 0.258 e. The van der Waals surface area contributed by atoms with Crippen LogP contribution < -0.4 is 4.90 Å². The molecule has 0 aliphatic carbocycles. The Morgan fingerprint density at radius 2 is 2.18 bits per heavy atom. The fourth-order valence-electron chi connectivity index (χ4n) is 3.11. The highest BCUT2D eigenvalue weighted by Gasteiger charge is 2.25. The first-order valence-corrected chi connectivity index (χ1v) is 9.32. The van der Waals surface area contributed by atoms with Crippen LogP contribution in [0.1, 0.15) is 37.0 Å². The molecule has 9 heteroatoms. The van der Waals surface area contributed by atoms with Gasteiger partial charge in [0.1, 0.15) is 5.82 Å². The largest absolute Gasteiger partial charge is 0.334 e. The van der Waals surface area contributed by atoms with Gasteiger partial charge >= 0.3 is 0 Å². The van der Waals surface area contributed by atoms with Crippen LogP contribution in [0.2, 0.25) is 5.02 Å². The van der Waals surface area contributed by atoms with E-state index in [-0.39, 0.29) is 12.0 Å². The van der Waals surface area contributed by atoms with Crippen molar-refractivity contribution >= 4 is 23.8 Å². The quantitative estimate of drug-likeness (QED) is 0.651. The molecule has 0 N–H and O–H groups in total. The van der Waals surface area contributed by atoms with Gasteiger partial charge in [-0.05, 0) is 31.5 Å². The van der Waals surface area contributed by atoms with Crippen LogP contribution in [0.5, 0.6) is 0 Å². The molecule has 1 aromatic carbocycles. The molecule has 3 aromatic rings. The molecule has 3 heterocycles. The molecule has 0 saturated carbocycles. The Hall–Kier alpha value is -3.00. The Balaban J connectivity index is 1.56. The summed E-state index contributed by atoms with van der Waals surface area (Å²) in [5.41, 5.74) is 0.785. The average molecular weight is 398 g/mol. The third-order valence-corrected chi connectivity index (χ3v) is 5.10. The maximum Gasteiger partial charge on any atom is 0.258 e. The molecule has 1 aliphatic heterocycles. The second-order valence-electron chi connectivity index (χ2n) is 6.69. The maximum absolute atomic E-state index is 6.05. The molecule has 2 unspecified atom stereocenters. The van der Waals surface area contributed by atoms with Crippen LogP contribution in [0, 0.1) is 0 Å². The molecular formula is C19H20ClN7O. The number of benzene rings is 1. The third kappa shape index (κ3) is 3.43. The molecule has 0 saturated heterocycles. The summed E-state index contributed by atoms with van der Waals surface area (Å²) in [6.07, 6.45) is 6.54. The van der Waals surface area contributed by atoms with E-state index < -0.39 is 0 Å². The lowest BCUT2D eigenvalue weighted by Gasteiger charge is -2.23. The monoisotopic (exact) mass is 397 g/mol. The van der Waals surface area contributed by atoms with E-state index in [9.17, 15) is 0 Å². The number of hydrogen-bond acceptors (Lipinski definition) is 7. The third-order valence-electron chi connectivity index (χ3n) is 4.87. The van der Waals surface area contributed by atoms with E-state index in [0.717, 1.165) is 23.8 Å². The second kappa shape index (κ2) is 7.55. The summed E-state index contributed by atoms with van der Waals surface area (Å²) in [4.78, 5) is 10.6. The minimum absolute atomic E-state index is 0.157. The molecule has 0 fully saturated rings. The summed E-state index contributed by atoms with van der Waals surface area (Å²) >= 11 is 6.05. The van der Waals surface area contributed by atoms with Gasteiger partial charge in [0.05, 0.1) is 6.04 Å². The molecule has 2 atom stereocenters. The van der Waals surface area contributed by atoms with Crippen molar-refractivity contribution in [3.05, 3.63) is 53.2 Å². The van der Waals surface area contributed by atoms with Crippen molar-refractivity contribution in [2.75, 3.05) is 11.9 Å². The van der Waals surface area contributed by atoms with E-state index in [2.05, 4.69) is 25.3 Å². The number of rotatable bonds is 5. The van der Waals surface area contributed by atoms with Crippen molar-refractivity contribution in [3.8, 4) is 11.5 Å². The summed E-state index contributed by atoms with van der Waals surface area (Å²) in [5, 5.41) is 13.5. The molecule has 1 aliphatic rings. The fraction of sp³-hybridized carbons (Fsp3) is 0.316. The van der Waals surface area contributed by atoms with Crippen LogP contribution >= 0.6 is 11.6 Å². The highest BCUT2D eigenvalue weighted by atomic mass is 35.5. The van der Waals surface area contributed by atoms with Crippen LogP contribution in [0.3, 0.4) is 0 Å². The molecule has 28 heavy (non-hydrogen) atoms. The zero-order chi connectivity index (χ0) is 19.7. The maximum atomic E-state index is 6.05. The van der Waals surface area contributed by atoms with Crippen LogP contribution in [-0.4, -0.2) is 38.2 Å². The van der Waals surface area contributed by atoms with Crippen LogP contribution in [0.4, 0.5) is 5.95 Å². The van der Waals surface area contributed by atoms with Gasteiger partial charge in [0, 0.05) is 43.0 Å². The first-order chi connectivity index (χ1) is 13.5. The minimum Gasteiger partial charge on any atom is -0.334 e. The molecule has 0 radical (unpaired) electrons. The Kier molecular flexibility index (Phi) is 4.95. The summed E-state index contributed by atoms with van der Waals surface area (Å²) in [6.45, 7) is 1.99. The zero-order valence-electron chi connectivity index (χ0n) is 15.8. The van der Waals surface area contributed by atoms with Crippen molar-refractivity contribution in [1.29, 1.82) is 0 Å². The standard InChI is InChI=1S/C19H20ClN7O/c1-12(16-22-18(28-25-16)14-5-4-6-15(20)11-14)26(2)19-24-23-17(27(19)3)13-7-9-21-10-8-13/h4-7,9-13H,8H2,1-3H3. The Bertz CT molecular complexity index is 1040.